The van der Waals surface area contributed by atoms with Crippen LogP contribution in [0.25, 0.3) is 0 Å². The highest BCUT2D eigenvalue weighted by atomic mass is 16.6. The lowest BCUT2D eigenvalue weighted by Gasteiger charge is -2.22. The molecule has 0 spiro atoms. The molecule has 1 aromatic heterocycles. The summed E-state index contributed by atoms with van der Waals surface area (Å²) in [4.78, 5) is 16.6. The van der Waals surface area contributed by atoms with E-state index in [4.69, 9.17) is 4.74 Å². The minimum Gasteiger partial charge on any atom is -0.443 e. The van der Waals surface area contributed by atoms with E-state index in [1.165, 1.54) is 11.2 Å². The zero-order valence-corrected chi connectivity index (χ0v) is 8.74. The lowest BCUT2D eigenvalue weighted by atomic mass is 10.2. The number of amides is 1. The van der Waals surface area contributed by atoms with Gasteiger partial charge in [-0.05, 0) is 20.8 Å². The number of hydrogen-bond donors (Lipinski definition) is 1. The summed E-state index contributed by atoms with van der Waals surface area (Å²) >= 11 is 0. The molecule has 0 atom stereocenters. The topological polar surface area (TPSA) is 71.1 Å². The largest absolute Gasteiger partial charge is 0.443 e. The second-order valence-electron chi connectivity index (χ2n) is 3.85. The third-order valence-electron chi connectivity index (χ3n) is 1.39. The van der Waals surface area contributed by atoms with Crippen LogP contribution in [0.15, 0.2) is 6.33 Å². The summed E-state index contributed by atoms with van der Waals surface area (Å²) in [6.07, 6.45) is 0.866. The molecule has 0 aromatic carbocycles. The van der Waals surface area contributed by atoms with Crippen molar-refractivity contribution in [3.8, 4) is 0 Å². The average Bonchev–Trinajstić information content (AvgIpc) is 2.51. The quantitative estimate of drug-likeness (QED) is 0.735. The summed E-state index contributed by atoms with van der Waals surface area (Å²) in [5, 5.41) is 6.20. The molecule has 0 aliphatic heterocycles. The van der Waals surface area contributed by atoms with E-state index >= 15 is 0 Å². The number of hydrogen-bond acceptors (Lipinski definition) is 4. The van der Waals surface area contributed by atoms with Crippen molar-refractivity contribution in [2.45, 2.75) is 26.4 Å². The minimum absolute atomic E-state index is 0.360. The number of anilines is 1. The van der Waals surface area contributed by atoms with Crippen molar-refractivity contribution in [3.63, 3.8) is 0 Å². The second kappa shape index (κ2) is 3.65. The Hall–Kier alpha value is -1.59. The summed E-state index contributed by atoms with van der Waals surface area (Å²) in [6, 6.07) is 0. The summed E-state index contributed by atoms with van der Waals surface area (Å²) < 4.78 is 5.12. The molecule has 0 saturated heterocycles. The fourth-order valence-electron chi connectivity index (χ4n) is 0.777. The normalized spacial score (nSPS) is 11.1. The van der Waals surface area contributed by atoms with Crippen LogP contribution in [0.5, 0.6) is 0 Å². The Morgan fingerprint density at radius 3 is 2.64 bits per heavy atom. The third-order valence-corrected chi connectivity index (χ3v) is 1.39. The fourth-order valence-corrected chi connectivity index (χ4v) is 0.777. The highest BCUT2D eigenvalue weighted by molar-refractivity contribution is 5.84. The van der Waals surface area contributed by atoms with E-state index in [0.29, 0.717) is 5.95 Å². The van der Waals surface area contributed by atoms with Crippen molar-refractivity contribution in [2.75, 3.05) is 11.9 Å². The Labute approximate surface area is 82.3 Å². The van der Waals surface area contributed by atoms with Crippen LogP contribution in [0, 0.1) is 0 Å². The van der Waals surface area contributed by atoms with E-state index in [1.807, 2.05) is 0 Å². The van der Waals surface area contributed by atoms with Crippen LogP contribution in [-0.4, -0.2) is 33.9 Å². The number of aromatic amines is 1. The number of ether oxygens (including phenoxy) is 1. The maximum atomic E-state index is 11.5. The average molecular weight is 198 g/mol. The first-order chi connectivity index (χ1) is 6.40. The molecular formula is C8H14N4O2. The third kappa shape index (κ3) is 2.72. The highest BCUT2D eigenvalue weighted by Gasteiger charge is 2.21. The number of nitrogens with one attached hydrogen (secondary N) is 1. The summed E-state index contributed by atoms with van der Waals surface area (Å²) in [5.74, 6) is 0.360. The molecule has 6 nitrogen and oxygen atoms in total. The Kier molecular flexibility index (Phi) is 2.73. The van der Waals surface area contributed by atoms with Gasteiger partial charge in [0.2, 0.25) is 5.95 Å². The van der Waals surface area contributed by atoms with Gasteiger partial charge in [0.1, 0.15) is 11.9 Å². The van der Waals surface area contributed by atoms with Gasteiger partial charge in [0.05, 0.1) is 0 Å². The van der Waals surface area contributed by atoms with Gasteiger partial charge in [-0.2, -0.15) is 10.1 Å². The first-order valence-electron chi connectivity index (χ1n) is 4.22. The monoisotopic (exact) mass is 198 g/mol. The Morgan fingerprint density at radius 2 is 2.21 bits per heavy atom. The van der Waals surface area contributed by atoms with Crippen LogP contribution in [0.3, 0.4) is 0 Å². The highest BCUT2D eigenvalue weighted by Crippen LogP contribution is 2.11. The molecule has 0 unspecified atom stereocenters. The number of aromatic nitrogens is 3. The number of rotatable bonds is 1. The van der Waals surface area contributed by atoms with E-state index in [-0.39, 0.29) is 0 Å². The molecule has 0 radical (unpaired) electrons. The summed E-state index contributed by atoms with van der Waals surface area (Å²) in [6.45, 7) is 5.41. The van der Waals surface area contributed by atoms with Crippen molar-refractivity contribution in [1.29, 1.82) is 0 Å². The van der Waals surface area contributed by atoms with Crippen molar-refractivity contribution >= 4 is 12.0 Å². The standard InChI is InChI=1S/C8H14N4O2/c1-8(2,3)14-7(13)12(4)6-9-5-10-11-6/h5H,1-4H3,(H,9,10,11). The molecule has 78 valence electrons. The molecule has 14 heavy (non-hydrogen) atoms. The molecule has 0 aliphatic rings. The molecular weight excluding hydrogens is 184 g/mol. The van der Waals surface area contributed by atoms with Crippen molar-refractivity contribution in [3.05, 3.63) is 6.33 Å². The molecule has 0 saturated carbocycles. The molecule has 1 amide bonds. The predicted molar refractivity (Wildman–Crippen MR) is 51.0 cm³/mol. The van der Waals surface area contributed by atoms with Crippen molar-refractivity contribution in [1.82, 2.24) is 15.2 Å². The Balaban J connectivity index is 2.63. The molecule has 0 aliphatic carbocycles. The van der Waals surface area contributed by atoms with Crippen molar-refractivity contribution in [2.24, 2.45) is 0 Å². The van der Waals surface area contributed by atoms with Crippen LogP contribution < -0.4 is 4.90 Å². The minimum atomic E-state index is -0.509. The van der Waals surface area contributed by atoms with Crippen LogP contribution >= 0.6 is 0 Å². The van der Waals surface area contributed by atoms with Gasteiger partial charge in [0, 0.05) is 7.05 Å². The molecule has 6 heteroatoms. The van der Waals surface area contributed by atoms with Crippen LogP contribution in [0.2, 0.25) is 0 Å². The predicted octanol–water partition coefficient (Wildman–Crippen LogP) is 1.18. The molecule has 0 fully saturated rings. The van der Waals surface area contributed by atoms with E-state index in [1.54, 1.807) is 27.8 Å². The first-order valence-corrected chi connectivity index (χ1v) is 4.22. The SMILES string of the molecule is CN(C(=O)OC(C)(C)C)c1ncn[nH]1. The van der Waals surface area contributed by atoms with E-state index in [9.17, 15) is 4.79 Å². The molecule has 1 heterocycles. The first kappa shape index (κ1) is 10.5. The molecule has 1 rings (SSSR count). The van der Waals surface area contributed by atoms with Gasteiger partial charge in [0.15, 0.2) is 0 Å². The lowest BCUT2D eigenvalue weighted by molar-refractivity contribution is 0.0587. The van der Waals surface area contributed by atoms with Gasteiger partial charge in [-0.3, -0.25) is 0 Å². The molecule has 1 N–H and O–H groups in total. The van der Waals surface area contributed by atoms with E-state index < -0.39 is 11.7 Å². The lowest BCUT2D eigenvalue weighted by Crippen LogP contribution is -2.34. The fraction of sp³-hybridized carbons (Fsp3) is 0.625. The smallest absolute Gasteiger partial charge is 0.416 e. The van der Waals surface area contributed by atoms with Gasteiger partial charge >= 0.3 is 6.09 Å². The molecule has 1 aromatic rings. The maximum absolute atomic E-state index is 11.5. The summed E-state index contributed by atoms with van der Waals surface area (Å²) in [7, 11) is 1.56. The zero-order chi connectivity index (χ0) is 10.8. The number of carbonyl (C=O) groups excluding carboxylic acids is 1. The van der Waals surface area contributed by atoms with Gasteiger partial charge in [-0.25, -0.2) is 14.8 Å². The van der Waals surface area contributed by atoms with Gasteiger partial charge < -0.3 is 4.74 Å². The Bertz CT molecular complexity index is 302. The van der Waals surface area contributed by atoms with Crippen molar-refractivity contribution < 1.29 is 9.53 Å². The molecule has 0 bridgehead atoms. The maximum Gasteiger partial charge on any atom is 0.416 e. The van der Waals surface area contributed by atoms with E-state index in [0.717, 1.165) is 0 Å². The van der Waals surface area contributed by atoms with Crippen LogP contribution in [0.4, 0.5) is 10.7 Å². The number of carbonyl (C=O) groups is 1. The number of H-pyrrole nitrogens is 1. The summed E-state index contributed by atoms with van der Waals surface area (Å²) in [5.41, 5.74) is -0.509. The van der Waals surface area contributed by atoms with E-state index in [2.05, 4.69) is 15.2 Å². The van der Waals surface area contributed by atoms with Gasteiger partial charge in [-0.1, -0.05) is 0 Å². The van der Waals surface area contributed by atoms with Gasteiger partial charge in [0.25, 0.3) is 0 Å². The number of nitrogens with zero attached hydrogens (tertiary/aromatic N) is 3. The van der Waals surface area contributed by atoms with Gasteiger partial charge in [-0.15, -0.1) is 0 Å². The zero-order valence-electron chi connectivity index (χ0n) is 8.74. The Morgan fingerprint density at radius 1 is 1.57 bits per heavy atom. The van der Waals surface area contributed by atoms with Crippen LogP contribution in [-0.2, 0) is 4.74 Å². The second-order valence-corrected chi connectivity index (χ2v) is 3.85. The van der Waals surface area contributed by atoms with Crippen LogP contribution in [0.1, 0.15) is 20.8 Å².